The van der Waals surface area contributed by atoms with Crippen LogP contribution < -0.4 is 10.6 Å². The summed E-state index contributed by atoms with van der Waals surface area (Å²) in [7, 11) is 0. The molecule has 1 aromatic heterocycles. The molecule has 2 amide bonds. The van der Waals surface area contributed by atoms with Crippen molar-refractivity contribution in [1.82, 2.24) is 4.90 Å². The first-order valence-electron chi connectivity index (χ1n) is 10.2. The summed E-state index contributed by atoms with van der Waals surface area (Å²) in [6, 6.07) is 7.75. The molecule has 0 radical (unpaired) electrons. The van der Waals surface area contributed by atoms with Crippen molar-refractivity contribution < 1.29 is 14.3 Å². The van der Waals surface area contributed by atoms with Gasteiger partial charge in [-0.1, -0.05) is 18.2 Å². The predicted octanol–water partition coefficient (Wildman–Crippen LogP) is 3.46. The molecule has 0 bridgehead atoms. The number of para-hydroxylation sites is 1. The fourth-order valence-electron chi connectivity index (χ4n) is 3.92. The molecule has 0 spiro atoms. The van der Waals surface area contributed by atoms with E-state index < -0.39 is 0 Å². The van der Waals surface area contributed by atoms with E-state index in [2.05, 4.69) is 15.5 Å². The lowest BCUT2D eigenvalue weighted by atomic mass is 9.95. The molecule has 1 aliphatic heterocycles. The molecule has 1 aromatic carbocycles. The molecular formula is C22H27N3O3S. The first-order chi connectivity index (χ1) is 14.1. The maximum atomic E-state index is 13.2. The number of rotatable bonds is 5. The van der Waals surface area contributed by atoms with Gasteiger partial charge in [0.15, 0.2) is 0 Å². The molecular weight excluding hydrogens is 386 g/mol. The molecule has 0 atom stereocenters. The van der Waals surface area contributed by atoms with E-state index in [-0.39, 0.29) is 11.8 Å². The van der Waals surface area contributed by atoms with E-state index in [1.54, 1.807) is 11.3 Å². The number of hydrogen-bond acceptors (Lipinski definition) is 5. The van der Waals surface area contributed by atoms with Crippen molar-refractivity contribution in [2.24, 2.45) is 0 Å². The van der Waals surface area contributed by atoms with Crippen LogP contribution in [0, 0.1) is 6.92 Å². The average Bonchev–Trinajstić information content (AvgIpc) is 3.08. The van der Waals surface area contributed by atoms with Crippen molar-refractivity contribution >= 4 is 33.8 Å². The van der Waals surface area contributed by atoms with Gasteiger partial charge >= 0.3 is 0 Å². The highest BCUT2D eigenvalue weighted by atomic mass is 32.1. The van der Waals surface area contributed by atoms with Crippen LogP contribution in [0.5, 0.6) is 0 Å². The number of anilines is 2. The number of carbonyl (C=O) groups excluding carboxylic acids is 2. The minimum atomic E-state index is -0.139. The topological polar surface area (TPSA) is 70.7 Å². The first kappa shape index (κ1) is 20.1. The number of morpholine rings is 1. The first-order valence-corrected chi connectivity index (χ1v) is 11.0. The van der Waals surface area contributed by atoms with Gasteiger partial charge in [-0.25, -0.2) is 0 Å². The normalized spacial score (nSPS) is 16.9. The number of fused-ring (bicyclic) bond motifs is 1. The van der Waals surface area contributed by atoms with Crippen LogP contribution in [0.25, 0.3) is 0 Å². The predicted molar refractivity (Wildman–Crippen MR) is 116 cm³/mol. The summed E-state index contributed by atoms with van der Waals surface area (Å²) in [6.45, 7) is 5.13. The van der Waals surface area contributed by atoms with Gasteiger partial charge in [-0.3, -0.25) is 14.5 Å². The van der Waals surface area contributed by atoms with Crippen molar-refractivity contribution in [1.29, 1.82) is 0 Å². The van der Waals surface area contributed by atoms with E-state index in [1.807, 2.05) is 31.2 Å². The van der Waals surface area contributed by atoms with Crippen molar-refractivity contribution in [3.63, 3.8) is 0 Å². The van der Waals surface area contributed by atoms with Crippen LogP contribution in [0.3, 0.4) is 0 Å². The molecule has 7 heteroatoms. The molecule has 1 fully saturated rings. The molecule has 2 aromatic rings. The van der Waals surface area contributed by atoms with Gasteiger partial charge in [0.1, 0.15) is 5.00 Å². The SMILES string of the molecule is Cc1ccccc1NC(=O)c1c(NC(=O)CN2CCOCC2)sc2c1CCCC2. The summed E-state index contributed by atoms with van der Waals surface area (Å²) < 4.78 is 5.35. The molecule has 154 valence electrons. The lowest BCUT2D eigenvalue weighted by Gasteiger charge is -2.25. The Morgan fingerprint density at radius 2 is 1.86 bits per heavy atom. The minimum absolute atomic E-state index is 0.0737. The van der Waals surface area contributed by atoms with Crippen LogP contribution in [0.15, 0.2) is 24.3 Å². The van der Waals surface area contributed by atoms with Crippen LogP contribution in [-0.4, -0.2) is 49.6 Å². The number of carbonyl (C=O) groups is 2. The average molecular weight is 414 g/mol. The molecule has 6 nitrogen and oxygen atoms in total. The number of hydrogen-bond donors (Lipinski definition) is 2. The van der Waals surface area contributed by atoms with Gasteiger partial charge in [0.05, 0.1) is 25.3 Å². The Hall–Kier alpha value is -2.22. The van der Waals surface area contributed by atoms with Gasteiger partial charge in [-0.05, 0) is 49.8 Å². The molecule has 2 aliphatic rings. The Morgan fingerprint density at radius 1 is 1.10 bits per heavy atom. The standard InChI is InChI=1S/C22H27N3O3S/c1-15-6-2-4-8-17(15)23-21(27)20-16-7-3-5-9-18(16)29-22(20)24-19(26)14-25-10-12-28-13-11-25/h2,4,6,8H,3,5,7,9-14H2,1H3,(H,23,27)(H,24,26). The Morgan fingerprint density at radius 3 is 2.66 bits per heavy atom. The second-order valence-corrected chi connectivity index (χ2v) is 8.73. The zero-order valence-electron chi connectivity index (χ0n) is 16.8. The van der Waals surface area contributed by atoms with Crippen molar-refractivity contribution in [3.8, 4) is 0 Å². The molecule has 29 heavy (non-hydrogen) atoms. The van der Waals surface area contributed by atoms with Crippen LogP contribution in [-0.2, 0) is 22.4 Å². The number of amides is 2. The molecule has 1 aliphatic carbocycles. The van der Waals surface area contributed by atoms with Crippen molar-refractivity contribution in [3.05, 3.63) is 45.8 Å². The van der Waals surface area contributed by atoms with E-state index in [9.17, 15) is 9.59 Å². The van der Waals surface area contributed by atoms with Gasteiger partial charge in [0.2, 0.25) is 5.91 Å². The number of benzene rings is 1. The molecule has 0 unspecified atom stereocenters. The van der Waals surface area contributed by atoms with Gasteiger partial charge in [0, 0.05) is 23.7 Å². The summed E-state index contributed by atoms with van der Waals surface area (Å²) in [6.07, 6.45) is 4.08. The van der Waals surface area contributed by atoms with E-state index in [4.69, 9.17) is 4.74 Å². The lowest BCUT2D eigenvalue weighted by molar-refractivity contribution is -0.118. The largest absolute Gasteiger partial charge is 0.379 e. The monoisotopic (exact) mass is 413 g/mol. The fourth-order valence-corrected chi connectivity index (χ4v) is 5.22. The third-order valence-corrected chi connectivity index (χ3v) is 6.72. The second kappa shape index (κ2) is 9.07. The van der Waals surface area contributed by atoms with Crippen molar-refractivity contribution in [2.45, 2.75) is 32.6 Å². The van der Waals surface area contributed by atoms with Gasteiger partial charge in [-0.15, -0.1) is 11.3 Å². The number of nitrogens with zero attached hydrogens (tertiary/aromatic N) is 1. The van der Waals surface area contributed by atoms with Crippen LogP contribution >= 0.6 is 11.3 Å². The van der Waals surface area contributed by atoms with E-state index in [1.165, 1.54) is 4.88 Å². The maximum absolute atomic E-state index is 13.2. The highest BCUT2D eigenvalue weighted by Gasteiger charge is 2.27. The number of ether oxygens (including phenoxy) is 1. The van der Waals surface area contributed by atoms with Crippen molar-refractivity contribution in [2.75, 3.05) is 43.5 Å². The number of aryl methyl sites for hydroxylation is 2. The lowest BCUT2D eigenvalue weighted by Crippen LogP contribution is -2.41. The smallest absolute Gasteiger partial charge is 0.258 e. The van der Waals surface area contributed by atoms with Crippen LogP contribution in [0.2, 0.25) is 0 Å². The molecule has 1 saturated heterocycles. The Labute approximate surface area is 175 Å². The summed E-state index contributed by atoms with van der Waals surface area (Å²) in [4.78, 5) is 29.2. The molecule has 0 saturated carbocycles. The highest BCUT2D eigenvalue weighted by molar-refractivity contribution is 7.17. The number of nitrogens with one attached hydrogen (secondary N) is 2. The number of thiophene rings is 1. The molecule has 4 rings (SSSR count). The maximum Gasteiger partial charge on any atom is 0.258 e. The Balaban J connectivity index is 1.55. The quantitative estimate of drug-likeness (QED) is 0.788. The van der Waals surface area contributed by atoms with E-state index in [0.29, 0.717) is 30.3 Å². The molecule has 2 N–H and O–H groups in total. The Bertz CT molecular complexity index is 903. The Kier molecular flexibility index (Phi) is 6.28. The highest BCUT2D eigenvalue weighted by Crippen LogP contribution is 2.38. The second-order valence-electron chi connectivity index (χ2n) is 7.62. The van der Waals surface area contributed by atoms with Crippen LogP contribution in [0.4, 0.5) is 10.7 Å². The van der Waals surface area contributed by atoms with Gasteiger partial charge < -0.3 is 15.4 Å². The minimum Gasteiger partial charge on any atom is -0.379 e. The van der Waals surface area contributed by atoms with E-state index in [0.717, 1.165) is 55.6 Å². The van der Waals surface area contributed by atoms with Gasteiger partial charge in [0.25, 0.3) is 5.91 Å². The summed E-state index contributed by atoms with van der Waals surface area (Å²) >= 11 is 1.56. The summed E-state index contributed by atoms with van der Waals surface area (Å²) in [5.74, 6) is -0.212. The third-order valence-electron chi connectivity index (χ3n) is 5.52. The van der Waals surface area contributed by atoms with E-state index >= 15 is 0 Å². The third kappa shape index (κ3) is 4.69. The fraction of sp³-hybridized carbons (Fsp3) is 0.455. The summed E-state index contributed by atoms with van der Waals surface area (Å²) in [5, 5.41) is 6.76. The van der Waals surface area contributed by atoms with Crippen LogP contribution in [0.1, 0.15) is 39.2 Å². The molecule has 2 heterocycles. The van der Waals surface area contributed by atoms with Gasteiger partial charge in [-0.2, -0.15) is 0 Å². The summed E-state index contributed by atoms with van der Waals surface area (Å²) in [5.41, 5.74) is 3.57. The zero-order chi connectivity index (χ0) is 20.2. The zero-order valence-corrected chi connectivity index (χ0v) is 17.6.